The predicted octanol–water partition coefficient (Wildman–Crippen LogP) is 3.23. The van der Waals surface area contributed by atoms with Gasteiger partial charge in [0.2, 0.25) is 0 Å². The van der Waals surface area contributed by atoms with Gasteiger partial charge in [-0.05, 0) is 50.8 Å². The number of aliphatic hydroxyl groups excluding tert-OH is 1. The number of anilines is 2. The van der Waals surface area contributed by atoms with E-state index < -0.39 is 0 Å². The van der Waals surface area contributed by atoms with Crippen LogP contribution in [-0.4, -0.2) is 33.1 Å². The normalized spacial score (nSPS) is 15.3. The molecule has 0 amide bonds. The average Bonchev–Trinajstić information content (AvgIpc) is 2.68. The molecule has 0 aliphatic carbocycles. The number of rotatable bonds is 3. The molecule has 2 aromatic rings. The molecule has 6 heteroatoms. The minimum atomic E-state index is 0.479. The number of aliphatic hydroxyl groups is 1. The Kier molecular flexibility index (Phi) is 5.92. The van der Waals surface area contributed by atoms with Gasteiger partial charge in [-0.25, -0.2) is 15.0 Å². The number of aromatic nitrogens is 3. The molecule has 1 saturated heterocycles. The molecule has 27 heavy (non-hydrogen) atoms. The number of nitrogen functional groups attached to an aromatic ring is 1. The van der Waals surface area contributed by atoms with Gasteiger partial charge in [-0.3, -0.25) is 0 Å². The molecule has 0 atom stereocenters. The van der Waals surface area contributed by atoms with Crippen molar-refractivity contribution in [2.24, 2.45) is 5.92 Å². The third kappa shape index (κ3) is 4.76. The van der Waals surface area contributed by atoms with Gasteiger partial charge >= 0.3 is 0 Å². The number of piperidine rings is 1. The number of pyridine rings is 1. The molecule has 0 radical (unpaired) electrons. The van der Waals surface area contributed by atoms with E-state index in [2.05, 4.69) is 31.7 Å². The minimum Gasteiger partial charge on any atom is -0.513 e. The Balaban J connectivity index is 1.78. The van der Waals surface area contributed by atoms with Crippen molar-refractivity contribution < 1.29 is 5.11 Å². The predicted molar refractivity (Wildman–Crippen MR) is 107 cm³/mol. The van der Waals surface area contributed by atoms with Gasteiger partial charge in [-0.1, -0.05) is 11.8 Å². The lowest BCUT2D eigenvalue weighted by molar-refractivity contribution is 0.316. The molecule has 1 aliphatic heterocycles. The van der Waals surface area contributed by atoms with E-state index >= 15 is 0 Å². The summed E-state index contributed by atoms with van der Waals surface area (Å²) in [6.45, 7) is 5.62. The Bertz CT molecular complexity index is 872. The molecule has 1 aliphatic rings. The van der Waals surface area contributed by atoms with E-state index in [0.29, 0.717) is 17.5 Å². The van der Waals surface area contributed by atoms with Crippen LogP contribution in [0, 0.1) is 24.7 Å². The molecule has 0 aromatic carbocycles. The molecular formula is C21H25N5O. The van der Waals surface area contributed by atoms with E-state index in [1.807, 2.05) is 19.9 Å². The van der Waals surface area contributed by atoms with Crippen molar-refractivity contribution in [2.75, 3.05) is 23.7 Å². The van der Waals surface area contributed by atoms with Gasteiger partial charge in [0.1, 0.15) is 18.0 Å². The van der Waals surface area contributed by atoms with E-state index in [1.54, 1.807) is 24.7 Å². The summed E-state index contributed by atoms with van der Waals surface area (Å²) in [5.74, 6) is 8.71. The first-order valence-corrected chi connectivity index (χ1v) is 9.21. The maximum atomic E-state index is 9.76. The van der Waals surface area contributed by atoms with E-state index in [9.17, 15) is 5.11 Å². The highest BCUT2D eigenvalue weighted by atomic mass is 16.3. The zero-order valence-corrected chi connectivity index (χ0v) is 15.8. The van der Waals surface area contributed by atoms with Gasteiger partial charge in [0.05, 0.1) is 17.0 Å². The quantitative estimate of drug-likeness (QED) is 0.643. The van der Waals surface area contributed by atoms with Crippen LogP contribution in [0.4, 0.5) is 11.6 Å². The fraction of sp³-hybridized carbons (Fsp3) is 0.381. The molecule has 1 fully saturated rings. The summed E-state index contributed by atoms with van der Waals surface area (Å²) >= 11 is 0. The van der Waals surface area contributed by atoms with Crippen molar-refractivity contribution in [3.63, 3.8) is 0 Å². The fourth-order valence-electron chi connectivity index (χ4n) is 3.22. The van der Waals surface area contributed by atoms with Gasteiger partial charge in [-0.15, -0.1) is 0 Å². The van der Waals surface area contributed by atoms with Crippen molar-refractivity contribution in [1.29, 1.82) is 0 Å². The van der Waals surface area contributed by atoms with Crippen LogP contribution in [0.15, 0.2) is 36.5 Å². The lowest BCUT2D eigenvalue weighted by Crippen LogP contribution is -2.35. The number of allylic oxidation sites excluding steroid dienone is 2. The molecule has 6 nitrogen and oxygen atoms in total. The van der Waals surface area contributed by atoms with Crippen LogP contribution in [-0.2, 0) is 0 Å². The van der Waals surface area contributed by atoms with Gasteiger partial charge in [0.15, 0.2) is 0 Å². The summed E-state index contributed by atoms with van der Waals surface area (Å²) in [7, 11) is 0. The fourth-order valence-corrected chi connectivity index (χ4v) is 3.22. The Morgan fingerprint density at radius 2 is 2.04 bits per heavy atom. The highest BCUT2D eigenvalue weighted by Gasteiger charge is 2.23. The van der Waals surface area contributed by atoms with Gasteiger partial charge in [0.25, 0.3) is 0 Å². The summed E-state index contributed by atoms with van der Waals surface area (Å²) in [5.41, 5.74) is 8.15. The van der Waals surface area contributed by atoms with Crippen LogP contribution in [0.25, 0.3) is 0 Å². The minimum absolute atomic E-state index is 0.479. The molecule has 140 valence electrons. The molecule has 3 heterocycles. The van der Waals surface area contributed by atoms with Gasteiger partial charge < -0.3 is 15.7 Å². The number of hydrogen-bond acceptors (Lipinski definition) is 6. The molecule has 2 aromatic heterocycles. The summed E-state index contributed by atoms with van der Waals surface area (Å²) in [6, 6.07) is 3.59. The Morgan fingerprint density at radius 3 is 2.70 bits per heavy atom. The van der Waals surface area contributed by atoms with Crippen molar-refractivity contribution in [3.05, 3.63) is 53.3 Å². The highest BCUT2D eigenvalue weighted by molar-refractivity contribution is 5.59. The zero-order chi connectivity index (χ0) is 19.2. The largest absolute Gasteiger partial charge is 0.513 e. The Hall–Kier alpha value is -3.07. The summed E-state index contributed by atoms with van der Waals surface area (Å²) < 4.78 is 0. The maximum absolute atomic E-state index is 9.76. The van der Waals surface area contributed by atoms with Crippen molar-refractivity contribution in [1.82, 2.24) is 15.0 Å². The zero-order valence-electron chi connectivity index (χ0n) is 15.8. The second kappa shape index (κ2) is 8.54. The van der Waals surface area contributed by atoms with E-state index in [-0.39, 0.29) is 0 Å². The summed E-state index contributed by atoms with van der Waals surface area (Å²) in [5, 5.41) is 9.76. The third-order valence-corrected chi connectivity index (χ3v) is 4.88. The number of nitrogens with two attached hydrogens (primary N) is 1. The smallest absolute Gasteiger partial charge is 0.148 e. The first-order chi connectivity index (χ1) is 13.1. The lowest BCUT2D eigenvalue weighted by Gasteiger charge is -2.33. The second-order valence-electron chi connectivity index (χ2n) is 6.79. The molecule has 0 unspecified atom stereocenters. The van der Waals surface area contributed by atoms with Crippen LogP contribution in [0.5, 0.6) is 0 Å². The first kappa shape index (κ1) is 18.7. The molecule has 0 bridgehead atoms. The Morgan fingerprint density at radius 1 is 1.26 bits per heavy atom. The van der Waals surface area contributed by atoms with E-state index in [4.69, 9.17) is 5.73 Å². The van der Waals surface area contributed by atoms with Gasteiger partial charge in [0, 0.05) is 31.3 Å². The maximum Gasteiger partial charge on any atom is 0.148 e. The molecule has 0 spiro atoms. The summed E-state index contributed by atoms with van der Waals surface area (Å²) in [4.78, 5) is 15.2. The molecule has 3 N–H and O–H groups in total. The van der Waals surface area contributed by atoms with E-state index in [0.717, 1.165) is 55.0 Å². The first-order valence-electron chi connectivity index (χ1n) is 9.21. The number of nitrogens with zero attached hydrogens (tertiary/aromatic N) is 4. The third-order valence-electron chi connectivity index (χ3n) is 4.88. The van der Waals surface area contributed by atoms with Crippen LogP contribution in [0.1, 0.15) is 43.0 Å². The lowest BCUT2D eigenvalue weighted by atomic mass is 9.92. The standard InChI is InChI=1S/C21H25N5O/c1-3-18(27)12-16-8-10-26(11-9-16)21-19(15(2)24-14-25-21)6-4-17-5-7-20(22)23-13-17/h3,5,7,13-14,16,27H,8-12H2,1-2H3,(H2,22,23)/b18-3-. The highest BCUT2D eigenvalue weighted by Crippen LogP contribution is 2.28. The molecule has 3 rings (SSSR count). The average molecular weight is 363 g/mol. The van der Waals surface area contributed by atoms with Crippen LogP contribution >= 0.6 is 0 Å². The molecular weight excluding hydrogens is 338 g/mol. The SMILES string of the molecule is C/C=C(\O)CC1CCN(c2ncnc(C)c2C#Cc2ccc(N)nc2)CC1. The van der Waals surface area contributed by atoms with Crippen LogP contribution < -0.4 is 10.6 Å². The van der Waals surface area contributed by atoms with Gasteiger partial charge in [-0.2, -0.15) is 0 Å². The summed E-state index contributed by atoms with van der Waals surface area (Å²) in [6.07, 6.45) is 7.84. The van der Waals surface area contributed by atoms with E-state index in [1.165, 1.54) is 0 Å². The second-order valence-corrected chi connectivity index (χ2v) is 6.79. The van der Waals surface area contributed by atoms with Crippen molar-refractivity contribution in [3.8, 4) is 11.8 Å². The molecule has 0 saturated carbocycles. The van der Waals surface area contributed by atoms with Crippen molar-refractivity contribution in [2.45, 2.75) is 33.1 Å². The monoisotopic (exact) mass is 363 g/mol. The van der Waals surface area contributed by atoms with Crippen LogP contribution in [0.2, 0.25) is 0 Å². The van der Waals surface area contributed by atoms with Crippen molar-refractivity contribution >= 4 is 11.6 Å². The number of aryl methyl sites for hydroxylation is 1. The van der Waals surface area contributed by atoms with Crippen LogP contribution in [0.3, 0.4) is 0 Å². The topological polar surface area (TPSA) is 88.2 Å². The number of hydrogen-bond donors (Lipinski definition) is 2. The Labute approximate surface area is 160 Å².